The van der Waals surface area contributed by atoms with E-state index in [4.69, 9.17) is 10.9 Å². The van der Waals surface area contributed by atoms with Crippen molar-refractivity contribution < 1.29 is 22.4 Å². The zero-order valence-electron chi connectivity index (χ0n) is 6.68. The van der Waals surface area contributed by atoms with Crippen LogP contribution in [0.1, 0.15) is 0 Å². The van der Waals surface area contributed by atoms with E-state index in [1.807, 2.05) is 0 Å². The van der Waals surface area contributed by atoms with Crippen LogP contribution < -0.4 is 5.73 Å². The number of hydrogen-bond acceptors (Lipinski definition) is 4. The average molecular weight is 217 g/mol. The van der Waals surface area contributed by atoms with E-state index in [2.05, 4.69) is 5.16 Å². The molecule has 13 heavy (non-hydrogen) atoms. The number of amidine groups is 1. The first kappa shape index (κ1) is 12.0. The van der Waals surface area contributed by atoms with Gasteiger partial charge in [0.05, 0.1) is 6.54 Å². The lowest BCUT2D eigenvalue weighted by molar-refractivity contribution is 0.224. The highest BCUT2D eigenvalue weighted by atomic mass is 32.2. The van der Waals surface area contributed by atoms with E-state index in [0.717, 1.165) is 7.05 Å². The molecule has 6 nitrogen and oxygen atoms in total. The maximum atomic E-state index is 11.8. The largest absolute Gasteiger partial charge is 0.409 e. The summed E-state index contributed by atoms with van der Waals surface area (Å²) in [7, 11) is -3.75. The van der Waals surface area contributed by atoms with Crippen molar-refractivity contribution in [1.29, 1.82) is 0 Å². The van der Waals surface area contributed by atoms with E-state index in [0.29, 0.717) is 4.31 Å². The van der Waals surface area contributed by atoms with E-state index >= 15 is 0 Å². The summed E-state index contributed by atoms with van der Waals surface area (Å²) >= 11 is 0. The van der Waals surface area contributed by atoms with E-state index in [1.165, 1.54) is 0 Å². The first-order chi connectivity index (χ1) is 5.82. The second-order valence-corrected chi connectivity index (χ2v) is 4.16. The number of nitrogens with two attached hydrogens (primary N) is 1. The van der Waals surface area contributed by atoms with Crippen molar-refractivity contribution in [2.75, 3.05) is 13.6 Å². The molecule has 78 valence electrons. The molecule has 0 saturated carbocycles. The monoisotopic (exact) mass is 217 g/mol. The van der Waals surface area contributed by atoms with Crippen molar-refractivity contribution in [3.63, 3.8) is 0 Å². The molecule has 0 aromatic carbocycles. The van der Waals surface area contributed by atoms with Gasteiger partial charge in [-0.3, -0.25) is 0 Å². The van der Waals surface area contributed by atoms with Gasteiger partial charge in [0, 0.05) is 7.05 Å². The number of oxime groups is 1. The maximum Gasteiger partial charge on any atom is 0.350 e. The van der Waals surface area contributed by atoms with Gasteiger partial charge in [-0.2, -0.15) is 13.1 Å². The number of rotatable bonds is 4. The molecule has 0 spiro atoms. The Kier molecular flexibility index (Phi) is 4.01. The molecule has 0 aromatic heterocycles. The van der Waals surface area contributed by atoms with Crippen LogP contribution in [0.2, 0.25) is 0 Å². The number of alkyl halides is 2. The Hall–Kier alpha value is -0.960. The number of likely N-dealkylation sites (N-methyl/N-ethyl adjacent to an activating group) is 1. The molecule has 0 aliphatic heterocycles. The molecule has 0 amide bonds. The van der Waals surface area contributed by atoms with Gasteiger partial charge in [0.25, 0.3) is 10.0 Å². The highest BCUT2D eigenvalue weighted by Gasteiger charge is 2.29. The second kappa shape index (κ2) is 4.33. The first-order valence-electron chi connectivity index (χ1n) is 3.02. The highest BCUT2D eigenvalue weighted by Crippen LogP contribution is 2.08. The minimum absolute atomic E-state index is 0.298. The van der Waals surface area contributed by atoms with E-state index < -0.39 is 28.2 Å². The van der Waals surface area contributed by atoms with Gasteiger partial charge >= 0.3 is 5.76 Å². The summed E-state index contributed by atoms with van der Waals surface area (Å²) in [4.78, 5) is 0. The fraction of sp³-hybridized carbons (Fsp3) is 0.750. The molecule has 0 heterocycles. The minimum atomic E-state index is -4.65. The zero-order chi connectivity index (χ0) is 10.6. The summed E-state index contributed by atoms with van der Waals surface area (Å²) in [5.41, 5.74) is 4.92. The summed E-state index contributed by atoms with van der Waals surface area (Å²) in [6.07, 6.45) is 0. The van der Waals surface area contributed by atoms with Gasteiger partial charge < -0.3 is 10.9 Å². The van der Waals surface area contributed by atoms with Crippen LogP contribution in [0, 0.1) is 0 Å². The normalized spacial score (nSPS) is 14.1. The van der Waals surface area contributed by atoms with Crippen molar-refractivity contribution in [2.24, 2.45) is 10.9 Å². The summed E-state index contributed by atoms with van der Waals surface area (Å²) in [5, 5.41) is 10.5. The predicted molar refractivity (Wildman–Crippen MR) is 41.0 cm³/mol. The predicted octanol–water partition coefficient (Wildman–Crippen LogP) is -0.783. The molecule has 0 atom stereocenters. The van der Waals surface area contributed by atoms with Gasteiger partial charge in [-0.25, -0.2) is 8.42 Å². The number of nitrogens with zero attached hydrogens (tertiary/aromatic N) is 2. The van der Waals surface area contributed by atoms with Gasteiger partial charge in [-0.1, -0.05) is 5.16 Å². The number of hydrogen-bond donors (Lipinski definition) is 2. The van der Waals surface area contributed by atoms with Crippen LogP contribution in [0.4, 0.5) is 8.78 Å². The number of sulfonamides is 1. The third-order valence-corrected chi connectivity index (χ3v) is 2.62. The molecule has 0 rings (SSSR count). The molecular weight excluding hydrogens is 208 g/mol. The average Bonchev–Trinajstić information content (AvgIpc) is 2.03. The third-order valence-electron chi connectivity index (χ3n) is 1.17. The summed E-state index contributed by atoms with van der Waals surface area (Å²) in [6.45, 7) is -0.580. The molecule has 0 bridgehead atoms. The lowest BCUT2D eigenvalue weighted by Crippen LogP contribution is -2.38. The van der Waals surface area contributed by atoms with Gasteiger partial charge in [0.1, 0.15) is 0 Å². The van der Waals surface area contributed by atoms with E-state index in [1.54, 1.807) is 0 Å². The van der Waals surface area contributed by atoms with Crippen LogP contribution in [0.25, 0.3) is 0 Å². The summed E-state index contributed by atoms with van der Waals surface area (Å²) in [6, 6.07) is 0. The van der Waals surface area contributed by atoms with Gasteiger partial charge in [-0.05, 0) is 0 Å². The lowest BCUT2D eigenvalue weighted by Gasteiger charge is -2.14. The molecule has 9 heteroatoms. The fourth-order valence-electron chi connectivity index (χ4n) is 0.486. The van der Waals surface area contributed by atoms with E-state index in [9.17, 15) is 17.2 Å². The molecular formula is C4H9F2N3O3S. The van der Waals surface area contributed by atoms with Gasteiger partial charge in [0.2, 0.25) is 0 Å². The van der Waals surface area contributed by atoms with Crippen molar-refractivity contribution in [2.45, 2.75) is 5.76 Å². The maximum absolute atomic E-state index is 11.8. The first-order valence-corrected chi connectivity index (χ1v) is 4.52. The van der Waals surface area contributed by atoms with Crippen LogP contribution in [0.15, 0.2) is 5.16 Å². The fourth-order valence-corrected chi connectivity index (χ4v) is 1.07. The summed E-state index contributed by atoms with van der Waals surface area (Å²) < 4.78 is 45.3. The molecule has 3 N–H and O–H groups in total. The molecule has 0 unspecified atom stereocenters. The Labute approximate surface area is 73.7 Å². The third kappa shape index (κ3) is 3.11. The van der Waals surface area contributed by atoms with Crippen molar-refractivity contribution >= 4 is 15.9 Å². The zero-order valence-corrected chi connectivity index (χ0v) is 7.50. The van der Waals surface area contributed by atoms with Crippen LogP contribution in [-0.4, -0.2) is 43.1 Å². The van der Waals surface area contributed by atoms with Crippen molar-refractivity contribution in [3.8, 4) is 0 Å². The SMILES string of the molecule is CN(CC(N)=NO)S(=O)(=O)C(F)F. The van der Waals surface area contributed by atoms with Gasteiger partial charge in [0.15, 0.2) is 5.84 Å². The Balaban J connectivity index is 4.53. The molecule has 0 aliphatic carbocycles. The smallest absolute Gasteiger partial charge is 0.350 e. The molecule has 0 aliphatic rings. The summed E-state index contributed by atoms with van der Waals surface area (Å²) in [5.74, 6) is -3.98. The molecule has 0 aromatic rings. The Bertz CT molecular complexity index is 289. The lowest BCUT2D eigenvalue weighted by atomic mass is 10.6. The topological polar surface area (TPSA) is 96.0 Å². The quantitative estimate of drug-likeness (QED) is 0.279. The van der Waals surface area contributed by atoms with Gasteiger partial charge in [-0.15, -0.1) is 0 Å². The Morgan fingerprint density at radius 1 is 1.69 bits per heavy atom. The Morgan fingerprint density at radius 3 is 2.46 bits per heavy atom. The van der Waals surface area contributed by atoms with Crippen LogP contribution in [0.3, 0.4) is 0 Å². The standard InChI is InChI=1S/C4H9F2N3O3S/c1-9(2-3(7)8-10)13(11,12)4(5)6/h4,10H,2H2,1H3,(H2,7,8). The minimum Gasteiger partial charge on any atom is -0.409 e. The van der Waals surface area contributed by atoms with E-state index in [-0.39, 0.29) is 0 Å². The molecule has 0 saturated heterocycles. The molecule has 0 fully saturated rings. The second-order valence-electron chi connectivity index (χ2n) is 2.15. The Morgan fingerprint density at radius 2 is 2.15 bits per heavy atom. The molecule has 0 radical (unpaired) electrons. The van der Waals surface area contributed by atoms with Crippen LogP contribution in [-0.2, 0) is 10.0 Å². The van der Waals surface area contributed by atoms with Crippen molar-refractivity contribution in [3.05, 3.63) is 0 Å². The number of halogens is 2. The van der Waals surface area contributed by atoms with Crippen molar-refractivity contribution in [1.82, 2.24) is 4.31 Å². The highest BCUT2D eigenvalue weighted by molar-refractivity contribution is 7.89. The van der Waals surface area contributed by atoms with Crippen LogP contribution in [0.5, 0.6) is 0 Å². The van der Waals surface area contributed by atoms with Crippen LogP contribution >= 0.6 is 0 Å².